The molecule has 82 valence electrons. The van der Waals surface area contributed by atoms with Gasteiger partial charge in [-0.3, -0.25) is 14.8 Å². The van der Waals surface area contributed by atoms with Crippen LogP contribution in [0.3, 0.4) is 0 Å². The lowest BCUT2D eigenvalue weighted by molar-refractivity contribution is -0.385. The minimum atomic E-state index is -0.917. The van der Waals surface area contributed by atoms with Crippen LogP contribution in [0.1, 0.15) is 10.5 Å². The van der Waals surface area contributed by atoms with Gasteiger partial charge in [0.15, 0.2) is 0 Å². The highest BCUT2D eigenvalue weighted by Crippen LogP contribution is 2.17. The molecule has 0 N–H and O–H groups in total. The van der Waals surface area contributed by atoms with Gasteiger partial charge in [-0.25, -0.2) is 9.18 Å². The molecule has 0 bridgehead atoms. The van der Waals surface area contributed by atoms with Gasteiger partial charge in [-0.2, -0.15) is 5.10 Å². The molecule has 0 aliphatic carbocycles. The standard InChI is InChI=1S/C7H8FN3O4/c1-15-7(12)6-5(11(13)14)4-10(9-6)3-2-8/h4H,2-3H2,1H3. The number of aromatic nitrogens is 2. The van der Waals surface area contributed by atoms with Gasteiger partial charge in [-0.15, -0.1) is 0 Å². The molecule has 0 aromatic carbocycles. The number of nitro groups is 1. The van der Waals surface area contributed by atoms with E-state index in [-0.39, 0.29) is 6.54 Å². The number of rotatable bonds is 4. The van der Waals surface area contributed by atoms with E-state index in [2.05, 4.69) is 9.84 Å². The molecule has 0 atom stereocenters. The van der Waals surface area contributed by atoms with E-state index in [9.17, 15) is 19.3 Å². The van der Waals surface area contributed by atoms with Crippen LogP contribution < -0.4 is 0 Å². The number of methoxy groups -OCH3 is 1. The Morgan fingerprint density at radius 3 is 2.93 bits per heavy atom. The number of alkyl halides is 1. The smallest absolute Gasteiger partial charge is 0.365 e. The maximum Gasteiger partial charge on any atom is 0.365 e. The highest BCUT2D eigenvalue weighted by Gasteiger charge is 2.26. The van der Waals surface area contributed by atoms with Gasteiger partial charge in [0.1, 0.15) is 12.9 Å². The summed E-state index contributed by atoms with van der Waals surface area (Å²) in [7, 11) is 1.08. The molecule has 15 heavy (non-hydrogen) atoms. The second-order valence-corrected chi connectivity index (χ2v) is 2.56. The van der Waals surface area contributed by atoms with Crippen LogP contribution in [0, 0.1) is 10.1 Å². The molecule has 1 heterocycles. The maximum atomic E-state index is 12.0. The molecule has 0 saturated carbocycles. The largest absolute Gasteiger partial charge is 0.464 e. The molecule has 0 spiro atoms. The van der Waals surface area contributed by atoms with E-state index in [4.69, 9.17) is 0 Å². The molecule has 0 amide bonds. The molecule has 1 aromatic rings. The summed E-state index contributed by atoms with van der Waals surface area (Å²) in [6, 6.07) is 0. The summed E-state index contributed by atoms with van der Waals surface area (Å²) in [4.78, 5) is 20.8. The van der Waals surface area contributed by atoms with Crippen molar-refractivity contribution in [1.82, 2.24) is 9.78 Å². The number of hydrogen-bond donors (Lipinski definition) is 0. The molecule has 0 aliphatic rings. The number of carbonyl (C=O) groups excluding carboxylic acids is 1. The number of hydrogen-bond acceptors (Lipinski definition) is 5. The highest BCUT2D eigenvalue weighted by molar-refractivity contribution is 5.91. The fourth-order valence-electron chi connectivity index (χ4n) is 0.988. The zero-order chi connectivity index (χ0) is 11.4. The summed E-state index contributed by atoms with van der Waals surface area (Å²) >= 11 is 0. The third-order valence-electron chi connectivity index (χ3n) is 1.63. The van der Waals surface area contributed by atoms with Crippen LogP contribution >= 0.6 is 0 Å². The summed E-state index contributed by atoms with van der Waals surface area (Å²) in [5.74, 6) is -0.917. The quantitative estimate of drug-likeness (QED) is 0.417. The normalized spacial score (nSPS) is 10.0. The minimum Gasteiger partial charge on any atom is -0.464 e. The van der Waals surface area contributed by atoms with Crippen molar-refractivity contribution in [1.29, 1.82) is 0 Å². The highest BCUT2D eigenvalue weighted by atomic mass is 19.1. The molecular formula is C7H8FN3O4. The van der Waals surface area contributed by atoms with E-state index in [0.717, 1.165) is 18.0 Å². The van der Waals surface area contributed by atoms with Crippen molar-refractivity contribution in [2.24, 2.45) is 0 Å². The zero-order valence-corrected chi connectivity index (χ0v) is 7.84. The minimum absolute atomic E-state index is 0.141. The summed E-state index contributed by atoms with van der Waals surface area (Å²) in [6.45, 7) is -0.864. The van der Waals surface area contributed by atoms with Crippen molar-refractivity contribution < 1.29 is 18.8 Å². The maximum absolute atomic E-state index is 12.0. The van der Waals surface area contributed by atoms with Crippen LogP contribution in [0.5, 0.6) is 0 Å². The Morgan fingerprint density at radius 2 is 2.47 bits per heavy atom. The second kappa shape index (κ2) is 4.49. The Hall–Kier alpha value is -1.99. The van der Waals surface area contributed by atoms with Gasteiger partial charge in [0.2, 0.25) is 5.69 Å². The van der Waals surface area contributed by atoms with Crippen molar-refractivity contribution in [3.8, 4) is 0 Å². The summed E-state index contributed by atoms with van der Waals surface area (Å²) in [6.07, 6.45) is 0.992. The van der Waals surface area contributed by atoms with Crippen molar-refractivity contribution in [2.45, 2.75) is 6.54 Å². The first kappa shape index (κ1) is 11.1. The number of ether oxygens (including phenoxy) is 1. The van der Waals surface area contributed by atoms with E-state index in [1.54, 1.807) is 0 Å². The SMILES string of the molecule is COC(=O)c1nn(CCF)cc1[N+](=O)[O-]. The zero-order valence-electron chi connectivity index (χ0n) is 7.84. The average Bonchev–Trinajstić information content (AvgIpc) is 2.61. The van der Waals surface area contributed by atoms with Gasteiger partial charge in [0.05, 0.1) is 18.6 Å². The number of carbonyl (C=O) groups is 1. The Morgan fingerprint density at radius 1 is 1.80 bits per heavy atom. The van der Waals surface area contributed by atoms with E-state index >= 15 is 0 Å². The van der Waals surface area contributed by atoms with Crippen LogP contribution in [0.15, 0.2) is 6.20 Å². The number of halogens is 1. The molecule has 1 aromatic heterocycles. The molecule has 0 aliphatic heterocycles. The van der Waals surface area contributed by atoms with Crippen LogP contribution in [0.4, 0.5) is 10.1 Å². The summed E-state index contributed by atoms with van der Waals surface area (Å²) in [5.41, 5.74) is -0.911. The monoisotopic (exact) mass is 217 g/mol. The lowest BCUT2D eigenvalue weighted by Gasteiger charge is -1.93. The van der Waals surface area contributed by atoms with Gasteiger partial charge >= 0.3 is 11.7 Å². The van der Waals surface area contributed by atoms with Crippen molar-refractivity contribution in [3.63, 3.8) is 0 Å². The van der Waals surface area contributed by atoms with Gasteiger partial charge in [-0.1, -0.05) is 0 Å². The third kappa shape index (κ3) is 2.27. The van der Waals surface area contributed by atoms with E-state index in [0.29, 0.717) is 0 Å². The first-order valence-corrected chi connectivity index (χ1v) is 3.96. The molecule has 0 saturated heterocycles. The van der Waals surface area contributed by atoms with Crippen molar-refractivity contribution in [2.75, 3.05) is 13.8 Å². The lowest BCUT2D eigenvalue weighted by atomic mass is 10.4. The fourth-order valence-corrected chi connectivity index (χ4v) is 0.988. The lowest BCUT2D eigenvalue weighted by Crippen LogP contribution is -2.07. The van der Waals surface area contributed by atoms with Crippen LogP contribution in [-0.2, 0) is 11.3 Å². The number of nitrogens with zero attached hydrogens (tertiary/aromatic N) is 3. The number of aryl methyl sites for hydroxylation is 1. The topological polar surface area (TPSA) is 87.3 Å². The molecule has 0 fully saturated rings. The molecule has 7 nitrogen and oxygen atoms in total. The molecule has 1 rings (SSSR count). The first-order valence-electron chi connectivity index (χ1n) is 3.96. The molecule has 0 unspecified atom stereocenters. The van der Waals surface area contributed by atoms with Gasteiger partial charge in [-0.05, 0) is 0 Å². The summed E-state index contributed by atoms with van der Waals surface area (Å²) in [5, 5.41) is 14.1. The Kier molecular flexibility index (Phi) is 3.32. The predicted molar refractivity (Wildman–Crippen MR) is 46.2 cm³/mol. The third-order valence-corrected chi connectivity index (χ3v) is 1.63. The Bertz CT molecular complexity index is 390. The molecule has 8 heteroatoms. The predicted octanol–water partition coefficient (Wildman–Crippen LogP) is 0.547. The van der Waals surface area contributed by atoms with E-state index in [1.165, 1.54) is 0 Å². The van der Waals surface area contributed by atoms with Gasteiger partial charge in [0, 0.05) is 0 Å². The average molecular weight is 217 g/mol. The van der Waals surface area contributed by atoms with Crippen molar-refractivity contribution in [3.05, 3.63) is 22.0 Å². The first-order chi connectivity index (χ1) is 7.10. The van der Waals surface area contributed by atoms with Gasteiger partial charge in [0.25, 0.3) is 0 Å². The van der Waals surface area contributed by atoms with Crippen LogP contribution in [0.2, 0.25) is 0 Å². The Labute approximate surface area is 83.6 Å². The Balaban J connectivity index is 3.11. The fraction of sp³-hybridized carbons (Fsp3) is 0.429. The van der Waals surface area contributed by atoms with Gasteiger partial charge < -0.3 is 4.74 Å². The number of esters is 1. The van der Waals surface area contributed by atoms with Crippen molar-refractivity contribution >= 4 is 11.7 Å². The second-order valence-electron chi connectivity index (χ2n) is 2.56. The van der Waals surface area contributed by atoms with E-state index in [1.807, 2.05) is 0 Å². The molecule has 0 radical (unpaired) electrons. The summed E-state index contributed by atoms with van der Waals surface area (Å²) < 4.78 is 17.3. The van der Waals surface area contributed by atoms with E-state index < -0.39 is 28.9 Å². The molecular weight excluding hydrogens is 209 g/mol. The van der Waals surface area contributed by atoms with Crippen LogP contribution in [-0.4, -0.2) is 34.5 Å². The van der Waals surface area contributed by atoms with Crippen LogP contribution in [0.25, 0.3) is 0 Å².